The Labute approximate surface area is 70.7 Å². The molecule has 0 saturated carbocycles. The van der Waals surface area contributed by atoms with Crippen molar-refractivity contribution >= 4 is 10.8 Å². The Bertz CT molecular complexity index is 383. The van der Waals surface area contributed by atoms with Gasteiger partial charge in [-0.25, -0.2) is 0 Å². The Morgan fingerprint density at radius 3 is 2.58 bits per heavy atom. The maximum absolute atomic E-state index is 11.1. The molecule has 0 radical (unpaired) electrons. The number of fused-ring (bicyclic) bond motifs is 1. The molecule has 0 aliphatic carbocycles. The van der Waals surface area contributed by atoms with Gasteiger partial charge in [-0.2, -0.15) is 4.73 Å². The van der Waals surface area contributed by atoms with Crippen molar-refractivity contribution in [3.8, 4) is 0 Å². The van der Waals surface area contributed by atoms with E-state index in [9.17, 15) is 5.21 Å². The molecule has 2 nitrogen and oxygen atoms in total. The molecule has 0 atom stereocenters. The van der Waals surface area contributed by atoms with Crippen LogP contribution in [0.2, 0.25) is 0 Å². The summed E-state index contributed by atoms with van der Waals surface area (Å²) in [4.78, 5) is 0. The molecular formula is C10H9NO. The summed E-state index contributed by atoms with van der Waals surface area (Å²) < 4.78 is 0.891. The molecule has 60 valence electrons. The minimum absolute atomic E-state index is 0.730. The molecule has 0 aliphatic heterocycles. The van der Waals surface area contributed by atoms with Crippen LogP contribution in [0.25, 0.3) is 10.8 Å². The van der Waals surface area contributed by atoms with E-state index in [0.29, 0.717) is 0 Å². The summed E-state index contributed by atoms with van der Waals surface area (Å²) in [6.07, 6.45) is 1.60. The van der Waals surface area contributed by atoms with E-state index in [1.165, 1.54) is 0 Å². The summed E-state index contributed by atoms with van der Waals surface area (Å²) in [6, 6.07) is 9.72. The van der Waals surface area contributed by atoms with E-state index < -0.39 is 0 Å². The number of hydrogen-bond acceptors (Lipinski definition) is 1. The highest BCUT2D eigenvalue weighted by atomic mass is 16.5. The zero-order valence-corrected chi connectivity index (χ0v) is 6.82. The fraction of sp³-hybridized carbons (Fsp3) is 0.100. The molecule has 2 aromatic rings. The summed E-state index contributed by atoms with van der Waals surface area (Å²) in [5, 5.41) is 13.2. The number of benzene rings is 1. The highest BCUT2D eigenvalue weighted by Crippen LogP contribution is 2.11. The number of hydrogen-bond donors (Lipinski definition) is 0. The molecule has 0 saturated heterocycles. The third-order valence-corrected chi connectivity index (χ3v) is 1.96. The van der Waals surface area contributed by atoms with Crippen LogP contribution in [0.4, 0.5) is 0 Å². The van der Waals surface area contributed by atoms with Gasteiger partial charge in [0.1, 0.15) is 0 Å². The molecule has 1 aromatic carbocycles. The van der Waals surface area contributed by atoms with Gasteiger partial charge in [0.25, 0.3) is 0 Å². The second-order valence-corrected chi connectivity index (χ2v) is 2.87. The molecule has 0 bridgehead atoms. The molecule has 0 N–H and O–H groups in total. The minimum Gasteiger partial charge on any atom is -0.618 e. The van der Waals surface area contributed by atoms with Crippen LogP contribution < -0.4 is 4.73 Å². The molecule has 0 aliphatic rings. The Kier molecular flexibility index (Phi) is 1.47. The summed E-state index contributed by atoms with van der Waals surface area (Å²) in [6.45, 7) is 1.80. The molecule has 2 heteroatoms. The van der Waals surface area contributed by atoms with Gasteiger partial charge in [0, 0.05) is 18.4 Å². The van der Waals surface area contributed by atoms with Crippen LogP contribution in [-0.2, 0) is 0 Å². The highest BCUT2D eigenvalue weighted by molar-refractivity contribution is 5.80. The van der Waals surface area contributed by atoms with E-state index in [4.69, 9.17) is 0 Å². The second-order valence-electron chi connectivity index (χ2n) is 2.87. The average molecular weight is 159 g/mol. The van der Waals surface area contributed by atoms with Gasteiger partial charge >= 0.3 is 0 Å². The van der Waals surface area contributed by atoms with Gasteiger partial charge in [-0.3, -0.25) is 0 Å². The number of aryl methyl sites for hydroxylation is 1. The van der Waals surface area contributed by atoms with Crippen molar-refractivity contribution in [2.24, 2.45) is 0 Å². The lowest BCUT2D eigenvalue weighted by molar-refractivity contribution is -0.610. The van der Waals surface area contributed by atoms with Crippen LogP contribution in [0.3, 0.4) is 0 Å². The smallest absolute Gasteiger partial charge is 0.190 e. The topological polar surface area (TPSA) is 26.9 Å². The molecule has 1 aromatic heterocycles. The molecule has 0 spiro atoms. The summed E-state index contributed by atoms with van der Waals surface area (Å²) >= 11 is 0. The SMILES string of the molecule is Cc1cc2ccccc2c[n+]1[O-]. The Hall–Kier alpha value is -1.57. The van der Waals surface area contributed by atoms with E-state index in [1.54, 1.807) is 13.1 Å². The lowest BCUT2D eigenvalue weighted by atomic mass is 10.1. The van der Waals surface area contributed by atoms with Crippen molar-refractivity contribution in [3.05, 3.63) is 47.4 Å². The van der Waals surface area contributed by atoms with Gasteiger partial charge in [0.2, 0.25) is 0 Å². The standard InChI is InChI=1S/C10H9NO/c1-8-6-9-4-2-3-5-10(9)7-11(8)12/h2-7H,1H3. The van der Waals surface area contributed by atoms with Crippen LogP contribution in [0.15, 0.2) is 36.5 Å². The van der Waals surface area contributed by atoms with E-state index in [-0.39, 0.29) is 0 Å². The van der Waals surface area contributed by atoms with Crippen molar-refractivity contribution in [3.63, 3.8) is 0 Å². The van der Waals surface area contributed by atoms with Gasteiger partial charge in [-0.15, -0.1) is 0 Å². The minimum atomic E-state index is 0.730. The molecule has 1 heterocycles. The third-order valence-electron chi connectivity index (χ3n) is 1.96. The fourth-order valence-corrected chi connectivity index (χ4v) is 1.28. The number of pyridine rings is 1. The molecule has 0 unspecified atom stereocenters. The molecule has 0 amide bonds. The Balaban J connectivity index is 2.84. The van der Waals surface area contributed by atoms with E-state index in [0.717, 1.165) is 21.2 Å². The quantitative estimate of drug-likeness (QED) is 0.425. The van der Waals surface area contributed by atoms with Crippen molar-refractivity contribution in [2.45, 2.75) is 6.92 Å². The van der Waals surface area contributed by atoms with E-state index in [2.05, 4.69) is 0 Å². The second kappa shape index (κ2) is 2.48. The monoisotopic (exact) mass is 159 g/mol. The van der Waals surface area contributed by atoms with Crippen molar-refractivity contribution < 1.29 is 4.73 Å². The number of nitrogens with zero attached hydrogens (tertiary/aromatic N) is 1. The van der Waals surface area contributed by atoms with Crippen LogP contribution >= 0.6 is 0 Å². The van der Waals surface area contributed by atoms with Gasteiger partial charge in [-0.1, -0.05) is 18.2 Å². The van der Waals surface area contributed by atoms with Gasteiger partial charge < -0.3 is 5.21 Å². The predicted octanol–water partition coefficient (Wildman–Crippen LogP) is 1.78. The zero-order valence-electron chi connectivity index (χ0n) is 6.82. The highest BCUT2D eigenvalue weighted by Gasteiger charge is 2.00. The molecule has 12 heavy (non-hydrogen) atoms. The first-order chi connectivity index (χ1) is 5.77. The van der Waals surface area contributed by atoms with Crippen LogP contribution in [0.5, 0.6) is 0 Å². The first kappa shape index (κ1) is 7.10. The molecule has 2 rings (SSSR count). The van der Waals surface area contributed by atoms with Crippen LogP contribution in [0, 0.1) is 12.1 Å². The summed E-state index contributed by atoms with van der Waals surface area (Å²) in [5.74, 6) is 0. The Morgan fingerprint density at radius 2 is 1.83 bits per heavy atom. The Morgan fingerprint density at radius 1 is 1.17 bits per heavy atom. The van der Waals surface area contributed by atoms with Crippen LogP contribution in [0.1, 0.15) is 5.69 Å². The number of rotatable bonds is 0. The fourth-order valence-electron chi connectivity index (χ4n) is 1.28. The lowest BCUT2D eigenvalue weighted by Crippen LogP contribution is -2.28. The van der Waals surface area contributed by atoms with Gasteiger partial charge in [0.15, 0.2) is 11.9 Å². The lowest BCUT2D eigenvalue weighted by Gasteiger charge is -2.01. The average Bonchev–Trinajstić information content (AvgIpc) is 2.07. The third kappa shape index (κ3) is 1.01. The summed E-state index contributed by atoms with van der Waals surface area (Å²) in [7, 11) is 0. The maximum atomic E-state index is 11.1. The first-order valence-electron chi connectivity index (χ1n) is 3.86. The largest absolute Gasteiger partial charge is 0.618 e. The predicted molar refractivity (Wildman–Crippen MR) is 47.6 cm³/mol. The zero-order chi connectivity index (χ0) is 8.55. The number of aromatic nitrogens is 1. The van der Waals surface area contributed by atoms with Crippen molar-refractivity contribution in [1.29, 1.82) is 0 Å². The van der Waals surface area contributed by atoms with Gasteiger partial charge in [0.05, 0.1) is 0 Å². The summed E-state index contributed by atoms with van der Waals surface area (Å²) in [5.41, 5.74) is 0.730. The van der Waals surface area contributed by atoms with Crippen molar-refractivity contribution in [1.82, 2.24) is 0 Å². The van der Waals surface area contributed by atoms with Gasteiger partial charge in [-0.05, 0) is 11.5 Å². The maximum Gasteiger partial charge on any atom is 0.190 e. The molecular weight excluding hydrogens is 150 g/mol. The van der Waals surface area contributed by atoms with E-state index >= 15 is 0 Å². The normalized spacial score (nSPS) is 10.4. The molecule has 0 fully saturated rings. The van der Waals surface area contributed by atoms with E-state index in [1.807, 2.05) is 30.3 Å². The van der Waals surface area contributed by atoms with Crippen molar-refractivity contribution in [2.75, 3.05) is 0 Å². The first-order valence-corrected chi connectivity index (χ1v) is 3.86. The van der Waals surface area contributed by atoms with Crippen LogP contribution in [-0.4, -0.2) is 0 Å².